The van der Waals surface area contributed by atoms with E-state index in [0.717, 1.165) is 10.4 Å². The van der Waals surface area contributed by atoms with Crippen molar-refractivity contribution in [2.45, 2.75) is 6.04 Å². The van der Waals surface area contributed by atoms with Crippen LogP contribution in [0.4, 0.5) is 0 Å². The molecular formula is C14H11Cl2NOS2. The first-order chi connectivity index (χ1) is 9.60. The molecule has 0 fully saturated rings. The molecule has 104 valence electrons. The van der Waals surface area contributed by atoms with Gasteiger partial charge in [-0.2, -0.15) is 0 Å². The maximum absolute atomic E-state index is 6.33. The molecule has 2 nitrogen and oxygen atoms in total. The maximum atomic E-state index is 6.33. The van der Waals surface area contributed by atoms with Crippen molar-refractivity contribution in [3.63, 3.8) is 0 Å². The van der Waals surface area contributed by atoms with E-state index in [1.807, 2.05) is 0 Å². The van der Waals surface area contributed by atoms with Gasteiger partial charge < -0.3 is 10.5 Å². The molecule has 6 heteroatoms. The molecule has 3 aromatic rings. The molecule has 0 amide bonds. The number of methoxy groups -OCH3 is 1. The van der Waals surface area contributed by atoms with Crippen LogP contribution in [-0.2, 0) is 0 Å². The smallest absolute Gasteiger partial charge is 0.138 e. The molecule has 2 heterocycles. The number of rotatable bonds is 3. The Labute approximate surface area is 134 Å². The largest absolute Gasteiger partial charge is 0.495 e. The molecule has 0 aliphatic heterocycles. The van der Waals surface area contributed by atoms with E-state index in [0.29, 0.717) is 15.8 Å². The standard InChI is InChI=1S/C14H11Cl2NOS2/c1-18-10-5-8(15)7(4-9(10)16)14(17)13-6-12-11(20-13)2-3-19-12/h2-6,14H,17H2,1H3. The van der Waals surface area contributed by atoms with Crippen LogP contribution < -0.4 is 10.5 Å². The van der Waals surface area contributed by atoms with Crippen LogP contribution in [0.1, 0.15) is 16.5 Å². The van der Waals surface area contributed by atoms with Crippen molar-refractivity contribution < 1.29 is 4.74 Å². The second-order valence-corrected chi connectivity index (χ2v) is 7.16. The number of hydrogen-bond donors (Lipinski definition) is 1. The third-order valence-electron chi connectivity index (χ3n) is 3.07. The van der Waals surface area contributed by atoms with Crippen molar-refractivity contribution >= 4 is 55.3 Å². The highest BCUT2D eigenvalue weighted by molar-refractivity contribution is 7.27. The second-order valence-electron chi connectivity index (χ2n) is 4.28. The molecule has 2 aromatic heterocycles. The number of fused-ring (bicyclic) bond motifs is 1. The molecule has 0 spiro atoms. The summed E-state index contributed by atoms with van der Waals surface area (Å²) in [4.78, 5) is 1.08. The lowest BCUT2D eigenvalue weighted by Crippen LogP contribution is -2.11. The predicted molar refractivity (Wildman–Crippen MR) is 88.7 cm³/mol. The van der Waals surface area contributed by atoms with Gasteiger partial charge in [-0.3, -0.25) is 0 Å². The quantitative estimate of drug-likeness (QED) is 0.697. The minimum Gasteiger partial charge on any atom is -0.495 e. The van der Waals surface area contributed by atoms with Gasteiger partial charge in [0.2, 0.25) is 0 Å². The highest BCUT2D eigenvalue weighted by atomic mass is 35.5. The van der Waals surface area contributed by atoms with Crippen LogP contribution in [0.25, 0.3) is 9.40 Å². The molecule has 0 bridgehead atoms. The van der Waals surface area contributed by atoms with Gasteiger partial charge in [-0.05, 0) is 29.1 Å². The molecule has 2 N–H and O–H groups in total. The van der Waals surface area contributed by atoms with E-state index in [1.165, 1.54) is 9.40 Å². The third-order valence-corrected chi connectivity index (χ3v) is 5.87. The van der Waals surface area contributed by atoms with Crippen LogP contribution in [-0.4, -0.2) is 7.11 Å². The number of hydrogen-bond acceptors (Lipinski definition) is 4. The number of benzene rings is 1. The summed E-state index contributed by atoms with van der Waals surface area (Å²) < 4.78 is 7.64. The Morgan fingerprint density at radius 3 is 2.65 bits per heavy atom. The Morgan fingerprint density at radius 2 is 1.95 bits per heavy atom. The lowest BCUT2D eigenvalue weighted by atomic mass is 10.1. The zero-order valence-electron chi connectivity index (χ0n) is 10.5. The molecule has 0 aliphatic carbocycles. The fourth-order valence-electron chi connectivity index (χ4n) is 2.03. The van der Waals surface area contributed by atoms with E-state index in [-0.39, 0.29) is 6.04 Å². The van der Waals surface area contributed by atoms with Crippen LogP contribution in [0, 0.1) is 0 Å². The van der Waals surface area contributed by atoms with Gasteiger partial charge in [0.05, 0.1) is 18.2 Å². The molecule has 20 heavy (non-hydrogen) atoms. The zero-order chi connectivity index (χ0) is 14.3. The first kappa shape index (κ1) is 14.2. The average molecular weight is 344 g/mol. The molecule has 3 rings (SSSR count). The van der Waals surface area contributed by atoms with Gasteiger partial charge in [-0.25, -0.2) is 0 Å². The average Bonchev–Trinajstić information content (AvgIpc) is 3.01. The Kier molecular flexibility index (Phi) is 3.93. The van der Waals surface area contributed by atoms with E-state index in [2.05, 4.69) is 17.5 Å². The second kappa shape index (κ2) is 5.54. The lowest BCUT2D eigenvalue weighted by Gasteiger charge is -2.14. The van der Waals surface area contributed by atoms with E-state index in [9.17, 15) is 0 Å². The highest BCUT2D eigenvalue weighted by Crippen LogP contribution is 2.39. The number of nitrogens with two attached hydrogens (primary N) is 1. The molecular weight excluding hydrogens is 333 g/mol. The third kappa shape index (κ3) is 2.43. The number of ether oxygens (including phenoxy) is 1. The first-order valence-corrected chi connectivity index (χ1v) is 8.31. The van der Waals surface area contributed by atoms with Crippen molar-refractivity contribution in [3.05, 3.63) is 50.1 Å². The van der Waals surface area contributed by atoms with E-state index < -0.39 is 0 Å². The fourth-order valence-corrected chi connectivity index (χ4v) is 4.69. The van der Waals surface area contributed by atoms with Gasteiger partial charge in [0.15, 0.2) is 0 Å². The van der Waals surface area contributed by atoms with Crippen molar-refractivity contribution in [1.82, 2.24) is 0 Å². The topological polar surface area (TPSA) is 35.2 Å². The van der Waals surface area contributed by atoms with E-state index in [4.69, 9.17) is 33.7 Å². The van der Waals surface area contributed by atoms with Crippen LogP contribution in [0.5, 0.6) is 5.75 Å². The summed E-state index contributed by atoms with van der Waals surface area (Å²) in [7, 11) is 1.56. The zero-order valence-corrected chi connectivity index (χ0v) is 13.7. The lowest BCUT2D eigenvalue weighted by molar-refractivity contribution is 0.415. The van der Waals surface area contributed by atoms with Gasteiger partial charge in [0, 0.05) is 25.4 Å². The fraction of sp³-hybridized carbons (Fsp3) is 0.143. The van der Waals surface area contributed by atoms with Crippen LogP contribution in [0.15, 0.2) is 29.6 Å². The minimum atomic E-state index is -0.282. The molecule has 0 radical (unpaired) electrons. The van der Waals surface area contributed by atoms with E-state index in [1.54, 1.807) is 41.9 Å². The highest BCUT2D eigenvalue weighted by Gasteiger charge is 2.18. The Morgan fingerprint density at radius 1 is 1.15 bits per heavy atom. The number of thiophene rings is 2. The van der Waals surface area contributed by atoms with Crippen LogP contribution in [0.3, 0.4) is 0 Å². The normalized spacial score (nSPS) is 12.8. The van der Waals surface area contributed by atoms with Gasteiger partial charge in [0.1, 0.15) is 5.75 Å². The van der Waals surface area contributed by atoms with Crippen LogP contribution >= 0.6 is 45.9 Å². The molecule has 1 unspecified atom stereocenters. The van der Waals surface area contributed by atoms with Crippen molar-refractivity contribution in [3.8, 4) is 5.75 Å². The summed E-state index contributed by atoms with van der Waals surface area (Å²) in [6, 6.07) is 7.42. The predicted octanol–water partition coefficient (Wildman–Crippen LogP) is 5.33. The monoisotopic (exact) mass is 343 g/mol. The van der Waals surface area contributed by atoms with E-state index >= 15 is 0 Å². The molecule has 0 saturated heterocycles. The summed E-state index contributed by atoms with van der Waals surface area (Å²) in [5.41, 5.74) is 7.14. The van der Waals surface area contributed by atoms with Crippen molar-refractivity contribution in [1.29, 1.82) is 0 Å². The molecule has 0 aliphatic rings. The van der Waals surface area contributed by atoms with Crippen molar-refractivity contribution in [2.75, 3.05) is 7.11 Å². The Balaban J connectivity index is 2.03. The maximum Gasteiger partial charge on any atom is 0.138 e. The summed E-state index contributed by atoms with van der Waals surface area (Å²) in [6.45, 7) is 0. The summed E-state index contributed by atoms with van der Waals surface area (Å²) in [5.74, 6) is 0.555. The Bertz CT molecular complexity index is 737. The summed E-state index contributed by atoms with van der Waals surface area (Å²) in [5, 5.41) is 3.16. The Hall–Kier alpha value is -0.780. The van der Waals surface area contributed by atoms with Gasteiger partial charge in [0.25, 0.3) is 0 Å². The molecule has 1 atom stereocenters. The van der Waals surface area contributed by atoms with Crippen LogP contribution in [0.2, 0.25) is 10.0 Å². The number of halogens is 2. The van der Waals surface area contributed by atoms with Gasteiger partial charge in [-0.15, -0.1) is 22.7 Å². The van der Waals surface area contributed by atoms with Gasteiger partial charge in [-0.1, -0.05) is 23.2 Å². The van der Waals surface area contributed by atoms with Gasteiger partial charge >= 0.3 is 0 Å². The minimum absolute atomic E-state index is 0.282. The summed E-state index contributed by atoms with van der Waals surface area (Å²) >= 11 is 15.8. The SMILES string of the molecule is COc1cc(Cl)c(C(N)c2cc3sccc3s2)cc1Cl. The summed E-state index contributed by atoms with van der Waals surface area (Å²) in [6.07, 6.45) is 0. The molecule has 1 aromatic carbocycles. The first-order valence-electron chi connectivity index (χ1n) is 5.85. The van der Waals surface area contributed by atoms with Crippen molar-refractivity contribution in [2.24, 2.45) is 5.73 Å². The molecule has 0 saturated carbocycles.